The van der Waals surface area contributed by atoms with E-state index >= 15 is 0 Å². The minimum absolute atomic E-state index is 0.0200. The first kappa shape index (κ1) is 14.8. The molecule has 1 unspecified atom stereocenters. The Morgan fingerprint density at radius 3 is 2.53 bits per heavy atom. The van der Waals surface area contributed by atoms with Gasteiger partial charge >= 0.3 is 5.69 Å². The van der Waals surface area contributed by atoms with Gasteiger partial charge in [0.25, 0.3) is 11.5 Å². The van der Waals surface area contributed by atoms with Gasteiger partial charge < -0.3 is 10.7 Å². The number of nitrogens with two attached hydrogens (primary N) is 1. The lowest BCUT2D eigenvalue weighted by molar-refractivity contribution is -0.123. The second-order valence-corrected chi connectivity index (χ2v) is 4.45. The molecule has 0 saturated heterocycles. The molecule has 0 aliphatic carbocycles. The molecule has 0 bridgehead atoms. The molecule has 8 heteroatoms. The van der Waals surface area contributed by atoms with Crippen LogP contribution in [0.2, 0.25) is 0 Å². The summed E-state index contributed by atoms with van der Waals surface area (Å²) in [6, 6.07) is -0.674. The maximum Gasteiger partial charge on any atom is 0.325 e. The highest BCUT2D eigenvalue weighted by molar-refractivity contribution is 5.85. The second kappa shape index (κ2) is 6.10. The predicted octanol–water partition coefficient (Wildman–Crippen LogP) is -1.19. The van der Waals surface area contributed by atoms with Crippen LogP contribution in [0.3, 0.4) is 0 Å². The number of carbonyl (C=O) groups is 1. The molecule has 1 aromatic heterocycles. The van der Waals surface area contributed by atoms with Crippen LogP contribution in [-0.4, -0.2) is 28.1 Å². The summed E-state index contributed by atoms with van der Waals surface area (Å²) in [7, 11) is 0. The van der Waals surface area contributed by atoms with E-state index in [4.69, 9.17) is 5.73 Å². The number of aryl methyl sites for hydroxylation is 1. The fourth-order valence-electron chi connectivity index (χ4n) is 1.30. The largest absolute Gasteiger partial charge is 0.325 e. The van der Waals surface area contributed by atoms with E-state index in [2.05, 4.69) is 20.5 Å². The Labute approximate surface area is 109 Å². The minimum Gasteiger partial charge on any atom is -0.320 e. The summed E-state index contributed by atoms with van der Waals surface area (Å²) in [5.41, 5.74) is 7.22. The van der Waals surface area contributed by atoms with Crippen molar-refractivity contribution in [2.75, 3.05) is 0 Å². The molecule has 5 N–H and O–H groups in total. The van der Waals surface area contributed by atoms with Crippen LogP contribution in [0.1, 0.15) is 25.1 Å². The summed E-state index contributed by atoms with van der Waals surface area (Å²) in [5.74, 6) is -0.460. The van der Waals surface area contributed by atoms with Crippen molar-refractivity contribution in [3.63, 3.8) is 0 Å². The predicted molar refractivity (Wildman–Crippen MR) is 71.0 cm³/mol. The number of rotatable bonds is 4. The number of aromatic amines is 2. The van der Waals surface area contributed by atoms with Gasteiger partial charge in [-0.2, -0.15) is 5.10 Å². The molecule has 19 heavy (non-hydrogen) atoms. The molecular formula is C11H17N5O3. The number of aromatic nitrogens is 2. The van der Waals surface area contributed by atoms with Gasteiger partial charge in [-0.05, 0) is 12.8 Å². The number of amides is 1. The third-order valence-corrected chi connectivity index (χ3v) is 2.57. The number of hydrazone groups is 1. The maximum atomic E-state index is 11.5. The molecule has 0 radical (unpaired) electrons. The summed E-state index contributed by atoms with van der Waals surface area (Å²) in [5, 5.41) is 3.65. The van der Waals surface area contributed by atoms with E-state index in [0.717, 1.165) is 6.21 Å². The van der Waals surface area contributed by atoms with Gasteiger partial charge in [0, 0.05) is 5.69 Å². The van der Waals surface area contributed by atoms with Crippen LogP contribution in [0, 0.1) is 12.8 Å². The van der Waals surface area contributed by atoms with Crippen LogP contribution in [-0.2, 0) is 4.79 Å². The smallest absolute Gasteiger partial charge is 0.320 e. The van der Waals surface area contributed by atoms with Crippen molar-refractivity contribution < 1.29 is 4.79 Å². The van der Waals surface area contributed by atoms with Crippen molar-refractivity contribution in [3.8, 4) is 0 Å². The maximum absolute atomic E-state index is 11.5. The molecule has 0 saturated carbocycles. The molecule has 1 aromatic rings. The van der Waals surface area contributed by atoms with E-state index < -0.39 is 23.2 Å². The summed E-state index contributed by atoms with van der Waals surface area (Å²) >= 11 is 0. The molecule has 0 aromatic carbocycles. The van der Waals surface area contributed by atoms with Crippen molar-refractivity contribution >= 4 is 12.1 Å². The van der Waals surface area contributed by atoms with Crippen molar-refractivity contribution in [2.24, 2.45) is 16.8 Å². The van der Waals surface area contributed by atoms with Crippen LogP contribution in [0.15, 0.2) is 14.7 Å². The van der Waals surface area contributed by atoms with Crippen molar-refractivity contribution in [2.45, 2.75) is 26.8 Å². The molecule has 0 fully saturated rings. The first-order valence-electron chi connectivity index (χ1n) is 5.74. The number of hydrogen-bond donors (Lipinski definition) is 4. The van der Waals surface area contributed by atoms with Crippen molar-refractivity contribution in [1.82, 2.24) is 15.4 Å². The molecule has 1 amide bonds. The van der Waals surface area contributed by atoms with Crippen LogP contribution in [0.25, 0.3) is 0 Å². The molecular weight excluding hydrogens is 250 g/mol. The molecule has 104 valence electrons. The van der Waals surface area contributed by atoms with Gasteiger partial charge in [0.2, 0.25) is 0 Å². The van der Waals surface area contributed by atoms with E-state index in [0.29, 0.717) is 5.69 Å². The van der Waals surface area contributed by atoms with Crippen LogP contribution >= 0.6 is 0 Å². The number of nitrogens with one attached hydrogen (secondary N) is 3. The molecule has 8 nitrogen and oxygen atoms in total. The number of hydrogen-bond acceptors (Lipinski definition) is 5. The second-order valence-electron chi connectivity index (χ2n) is 4.45. The molecule has 1 atom stereocenters. The lowest BCUT2D eigenvalue weighted by Crippen LogP contribution is -2.42. The SMILES string of the molecule is Cc1[nH]c(=O)[nH]c(=O)c1C=NNC(=O)C(N)C(C)C. The number of H-pyrrole nitrogens is 2. The van der Waals surface area contributed by atoms with Crippen LogP contribution < -0.4 is 22.4 Å². The van der Waals surface area contributed by atoms with E-state index in [9.17, 15) is 14.4 Å². The summed E-state index contributed by atoms with van der Waals surface area (Å²) in [4.78, 5) is 38.4. The molecule has 0 aliphatic rings. The van der Waals surface area contributed by atoms with E-state index in [1.807, 2.05) is 13.8 Å². The van der Waals surface area contributed by atoms with E-state index in [-0.39, 0.29) is 11.5 Å². The van der Waals surface area contributed by atoms with Gasteiger partial charge in [0.1, 0.15) is 0 Å². The first-order chi connectivity index (χ1) is 8.82. The average molecular weight is 267 g/mol. The van der Waals surface area contributed by atoms with Gasteiger partial charge in [-0.15, -0.1) is 0 Å². The zero-order chi connectivity index (χ0) is 14.6. The standard InChI is InChI=1S/C11H17N5O3/c1-5(2)8(12)10(18)16-13-4-7-6(3)14-11(19)15-9(7)17/h4-5,8H,12H2,1-3H3,(H,16,18)(H2,14,15,17,19). The van der Waals surface area contributed by atoms with Gasteiger partial charge in [-0.1, -0.05) is 13.8 Å². The molecule has 1 rings (SSSR count). The van der Waals surface area contributed by atoms with Gasteiger partial charge in [0.05, 0.1) is 17.8 Å². The highest BCUT2D eigenvalue weighted by Crippen LogP contribution is 1.97. The van der Waals surface area contributed by atoms with Crippen molar-refractivity contribution in [3.05, 3.63) is 32.1 Å². The zero-order valence-electron chi connectivity index (χ0n) is 11.0. The number of nitrogens with zero attached hydrogens (tertiary/aromatic N) is 1. The Hall–Kier alpha value is -2.22. The monoisotopic (exact) mass is 267 g/mol. The summed E-state index contributed by atoms with van der Waals surface area (Å²) in [6.07, 6.45) is 1.16. The first-order valence-corrected chi connectivity index (χ1v) is 5.74. The van der Waals surface area contributed by atoms with E-state index in [1.165, 1.54) is 0 Å². The lowest BCUT2D eigenvalue weighted by atomic mass is 10.1. The molecule has 0 spiro atoms. The van der Waals surface area contributed by atoms with E-state index in [1.54, 1.807) is 6.92 Å². The van der Waals surface area contributed by atoms with Crippen molar-refractivity contribution in [1.29, 1.82) is 0 Å². The Morgan fingerprint density at radius 1 is 1.37 bits per heavy atom. The lowest BCUT2D eigenvalue weighted by Gasteiger charge is -2.12. The fraction of sp³-hybridized carbons (Fsp3) is 0.455. The topological polar surface area (TPSA) is 133 Å². The third kappa shape index (κ3) is 3.88. The fourth-order valence-corrected chi connectivity index (χ4v) is 1.30. The van der Waals surface area contributed by atoms with Gasteiger partial charge in [-0.3, -0.25) is 14.6 Å². The van der Waals surface area contributed by atoms with Gasteiger partial charge in [0.15, 0.2) is 0 Å². The Bertz CT molecular complexity index is 599. The molecule has 0 aliphatic heterocycles. The molecule has 1 heterocycles. The van der Waals surface area contributed by atoms with Gasteiger partial charge in [-0.25, -0.2) is 10.2 Å². The highest BCUT2D eigenvalue weighted by atomic mass is 16.2. The normalized spacial score (nSPS) is 12.9. The Morgan fingerprint density at radius 2 is 2.00 bits per heavy atom. The van der Waals surface area contributed by atoms with Crippen LogP contribution in [0.5, 0.6) is 0 Å². The Kier molecular flexibility index (Phi) is 4.76. The Balaban J connectivity index is 2.82. The zero-order valence-corrected chi connectivity index (χ0v) is 11.0. The van der Waals surface area contributed by atoms with Crippen LogP contribution in [0.4, 0.5) is 0 Å². The number of carbonyl (C=O) groups excluding carboxylic acids is 1. The summed E-state index contributed by atoms with van der Waals surface area (Å²) in [6.45, 7) is 5.18. The highest BCUT2D eigenvalue weighted by Gasteiger charge is 2.16. The third-order valence-electron chi connectivity index (χ3n) is 2.57. The minimum atomic E-state index is -0.674. The summed E-state index contributed by atoms with van der Waals surface area (Å²) < 4.78 is 0. The average Bonchev–Trinajstić information content (AvgIpc) is 2.30. The quantitative estimate of drug-likeness (QED) is 0.403.